The Balaban J connectivity index is 0.00000191. The van der Waals surface area contributed by atoms with Crippen molar-refractivity contribution in [1.29, 1.82) is 0 Å². The molecule has 2 heteroatoms. The quantitative estimate of drug-likeness (QED) is 0.504. The zero-order chi connectivity index (χ0) is 16.5. The van der Waals surface area contributed by atoms with Crippen molar-refractivity contribution in [2.45, 2.75) is 48.5 Å². The summed E-state index contributed by atoms with van der Waals surface area (Å²) in [5, 5.41) is 0. The Labute approximate surface area is 131 Å². The summed E-state index contributed by atoms with van der Waals surface area (Å²) in [7, 11) is 1.80. The van der Waals surface area contributed by atoms with E-state index < -0.39 is 0 Å². The van der Waals surface area contributed by atoms with Crippen molar-refractivity contribution in [2.24, 2.45) is 10.4 Å². The molecule has 1 saturated heterocycles. The SMILES string of the molecule is C/C=C\C(=C/C=NC)N1CC(C)(C)C(=C/C)/C1=C\C.CC. The Hall–Kier alpha value is -1.57. The number of nitrogens with zero attached hydrogens (tertiary/aromatic N) is 2. The highest BCUT2D eigenvalue weighted by molar-refractivity contribution is 5.73. The molecule has 0 spiro atoms. The predicted molar refractivity (Wildman–Crippen MR) is 96.7 cm³/mol. The molecule has 0 bridgehead atoms. The molecule has 0 aromatic rings. The van der Waals surface area contributed by atoms with Crippen LogP contribution in [0.15, 0.2) is 52.3 Å². The maximum absolute atomic E-state index is 4.06. The van der Waals surface area contributed by atoms with Gasteiger partial charge in [0, 0.05) is 36.6 Å². The third-order valence-corrected chi connectivity index (χ3v) is 3.45. The summed E-state index contributed by atoms with van der Waals surface area (Å²) in [5.74, 6) is 0. The van der Waals surface area contributed by atoms with E-state index in [-0.39, 0.29) is 5.41 Å². The lowest BCUT2D eigenvalue weighted by Crippen LogP contribution is -2.21. The normalized spacial score (nSPS) is 22.5. The molecule has 0 amide bonds. The fourth-order valence-corrected chi connectivity index (χ4v) is 2.70. The van der Waals surface area contributed by atoms with Crippen LogP contribution in [0.4, 0.5) is 0 Å². The van der Waals surface area contributed by atoms with E-state index in [1.165, 1.54) is 17.0 Å². The molecule has 0 aromatic carbocycles. The maximum atomic E-state index is 4.06. The average molecular weight is 288 g/mol. The molecule has 1 aliphatic rings. The van der Waals surface area contributed by atoms with Crippen molar-refractivity contribution >= 4 is 6.21 Å². The summed E-state index contributed by atoms with van der Waals surface area (Å²) in [4.78, 5) is 6.43. The third-order valence-electron chi connectivity index (χ3n) is 3.45. The van der Waals surface area contributed by atoms with E-state index in [9.17, 15) is 0 Å². The lowest BCUT2D eigenvalue weighted by Gasteiger charge is -2.22. The molecule has 0 atom stereocenters. The number of hydrogen-bond acceptors (Lipinski definition) is 2. The van der Waals surface area contributed by atoms with Crippen LogP contribution in [0, 0.1) is 5.41 Å². The van der Waals surface area contributed by atoms with Gasteiger partial charge in [-0.3, -0.25) is 4.99 Å². The van der Waals surface area contributed by atoms with Crippen LogP contribution in [-0.2, 0) is 0 Å². The Morgan fingerprint density at radius 3 is 2.19 bits per heavy atom. The lowest BCUT2D eigenvalue weighted by atomic mass is 9.86. The van der Waals surface area contributed by atoms with Gasteiger partial charge in [0.1, 0.15) is 0 Å². The van der Waals surface area contributed by atoms with Crippen molar-refractivity contribution in [2.75, 3.05) is 13.6 Å². The van der Waals surface area contributed by atoms with Crippen LogP contribution in [0.1, 0.15) is 48.5 Å². The molecule has 1 heterocycles. The van der Waals surface area contributed by atoms with Crippen LogP contribution < -0.4 is 0 Å². The first-order chi connectivity index (χ1) is 10.0. The minimum Gasteiger partial charge on any atom is -0.341 e. The summed E-state index contributed by atoms with van der Waals surface area (Å²) in [6.07, 6.45) is 12.6. The molecular formula is C19H32N2. The molecule has 0 unspecified atom stereocenters. The topological polar surface area (TPSA) is 15.6 Å². The molecule has 0 aromatic heterocycles. The van der Waals surface area contributed by atoms with Crippen LogP contribution in [-0.4, -0.2) is 24.7 Å². The maximum Gasteiger partial charge on any atom is 0.0422 e. The van der Waals surface area contributed by atoms with Crippen LogP contribution in [0.2, 0.25) is 0 Å². The molecule has 2 nitrogen and oxygen atoms in total. The summed E-state index contributed by atoms with van der Waals surface area (Å²) < 4.78 is 0. The van der Waals surface area contributed by atoms with Crippen LogP contribution in [0.5, 0.6) is 0 Å². The highest BCUT2D eigenvalue weighted by atomic mass is 15.2. The second kappa shape index (κ2) is 9.38. The molecule has 1 aliphatic heterocycles. The standard InChI is InChI=1S/C17H26N2.C2H6/c1-7-10-14(11-12-18-6)19-13-17(4,5)15(8-2)16(19)9-3;1-2/h7-12H,13H2,1-6H3;1-2H3/b10-7-,14-11+,15-8+,16-9+,18-12?;. The first-order valence-electron chi connectivity index (χ1n) is 7.88. The predicted octanol–water partition coefficient (Wildman–Crippen LogP) is 5.37. The zero-order valence-electron chi connectivity index (χ0n) is 15.1. The van der Waals surface area contributed by atoms with Gasteiger partial charge in [-0.2, -0.15) is 0 Å². The van der Waals surface area contributed by atoms with E-state index in [0.717, 1.165) is 6.54 Å². The Kier molecular flexibility index (Phi) is 8.68. The van der Waals surface area contributed by atoms with E-state index in [0.29, 0.717) is 0 Å². The molecule has 0 aliphatic carbocycles. The van der Waals surface area contributed by atoms with E-state index >= 15 is 0 Å². The van der Waals surface area contributed by atoms with Gasteiger partial charge < -0.3 is 4.90 Å². The Bertz CT molecular complexity index is 460. The monoisotopic (exact) mass is 288 g/mol. The van der Waals surface area contributed by atoms with Gasteiger partial charge in [0.05, 0.1) is 0 Å². The summed E-state index contributed by atoms with van der Waals surface area (Å²) >= 11 is 0. The van der Waals surface area contributed by atoms with Gasteiger partial charge in [-0.05, 0) is 38.5 Å². The van der Waals surface area contributed by atoms with Crippen molar-refractivity contribution < 1.29 is 0 Å². The molecule has 0 radical (unpaired) electrons. The Morgan fingerprint density at radius 1 is 1.14 bits per heavy atom. The minimum absolute atomic E-state index is 0.181. The highest BCUT2D eigenvalue weighted by Gasteiger charge is 2.37. The van der Waals surface area contributed by atoms with Gasteiger partial charge in [-0.15, -0.1) is 0 Å². The first-order valence-corrected chi connectivity index (χ1v) is 7.88. The number of hydrogen-bond donors (Lipinski definition) is 0. The van der Waals surface area contributed by atoms with E-state index in [1.807, 2.05) is 27.0 Å². The second-order valence-electron chi connectivity index (χ2n) is 5.35. The highest BCUT2D eigenvalue weighted by Crippen LogP contribution is 2.43. The van der Waals surface area contributed by atoms with Gasteiger partial charge in [0.25, 0.3) is 0 Å². The van der Waals surface area contributed by atoms with E-state index in [4.69, 9.17) is 0 Å². The van der Waals surface area contributed by atoms with Gasteiger partial charge in [0.15, 0.2) is 0 Å². The van der Waals surface area contributed by atoms with Crippen molar-refractivity contribution in [3.63, 3.8) is 0 Å². The smallest absolute Gasteiger partial charge is 0.0422 e. The molecule has 0 saturated carbocycles. The summed E-state index contributed by atoms with van der Waals surface area (Å²) in [6.45, 7) is 15.9. The minimum atomic E-state index is 0.181. The fraction of sp³-hybridized carbons (Fsp3) is 0.526. The van der Waals surface area contributed by atoms with Gasteiger partial charge in [-0.1, -0.05) is 45.9 Å². The molecule has 1 fully saturated rings. The zero-order valence-corrected chi connectivity index (χ0v) is 15.1. The summed E-state index contributed by atoms with van der Waals surface area (Å²) in [5.41, 5.74) is 4.09. The van der Waals surface area contributed by atoms with Crippen LogP contribution >= 0.6 is 0 Å². The fourth-order valence-electron chi connectivity index (χ4n) is 2.70. The average Bonchev–Trinajstić information content (AvgIpc) is 2.75. The second-order valence-corrected chi connectivity index (χ2v) is 5.35. The van der Waals surface area contributed by atoms with Crippen molar-refractivity contribution in [3.8, 4) is 0 Å². The number of aliphatic imine (C=N–C) groups is 1. The van der Waals surface area contributed by atoms with Crippen LogP contribution in [0.3, 0.4) is 0 Å². The van der Waals surface area contributed by atoms with E-state index in [1.54, 1.807) is 7.05 Å². The van der Waals surface area contributed by atoms with Gasteiger partial charge in [-0.25, -0.2) is 0 Å². The number of rotatable bonds is 3. The molecular weight excluding hydrogens is 256 g/mol. The first kappa shape index (κ1) is 19.4. The number of likely N-dealkylation sites (tertiary alicyclic amines) is 1. The molecule has 1 rings (SSSR count). The van der Waals surface area contributed by atoms with Crippen LogP contribution in [0.25, 0.3) is 0 Å². The van der Waals surface area contributed by atoms with E-state index in [2.05, 4.69) is 68.0 Å². The largest absolute Gasteiger partial charge is 0.341 e. The summed E-state index contributed by atoms with van der Waals surface area (Å²) in [6, 6.07) is 0. The van der Waals surface area contributed by atoms with Gasteiger partial charge >= 0.3 is 0 Å². The van der Waals surface area contributed by atoms with Crippen molar-refractivity contribution in [1.82, 2.24) is 4.90 Å². The third kappa shape index (κ3) is 4.73. The van der Waals surface area contributed by atoms with Gasteiger partial charge in [0.2, 0.25) is 0 Å². The Morgan fingerprint density at radius 2 is 1.76 bits per heavy atom. The molecule has 118 valence electrons. The lowest BCUT2D eigenvalue weighted by molar-refractivity contribution is 0.380. The molecule has 0 N–H and O–H groups in total. The number of allylic oxidation sites excluding steroid dienone is 6. The van der Waals surface area contributed by atoms with Crippen molar-refractivity contribution in [3.05, 3.63) is 47.3 Å². The molecule has 21 heavy (non-hydrogen) atoms.